The fourth-order valence-corrected chi connectivity index (χ4v) is 3.16. The number of likely N-dealkylation sites (tertiary alicyclic amines) is 1. The van der Waals surface area contributed by atoms with Crippen molar-refractivity contribution in [3.8, 4) is 0 Å². The molecule has 2 aromatic rings. The van der Waals surface area contributed by atoms with Crippen molar-refractivity contribution in [2.45, 2.75) is 12.8 Å². The number of piperidine rings is 1. The third-order valence-electron chi connectivity index (χ3n) is 4.45. The lowest BCUT2D eigenvalue weighted by molar-refractivity contribution is -0.126. The molecule has 0 bridgehead atoms. The molecule has 1 fully saturated rings. The van der Waals surface area contributed by atoms with E-state index >= 15 is 0 Å². The van der Waals surface area contributed by atoms with Crippen LogP contribution in [-0.2, 0) is 9.53 Å². The summed E-state index contributed by atoms with van der Waals surface area (Å²) in [5, 5.41) is 3.88. The summed E-state index contributed by atoms with van der Waals surface area (Å²) in [7, 11) is 1.60. The third kappa shape index (κ3) is 3.59. The van der Waals surface area contributed by atoms with Crippen LogP contribution in [0.25, 0.3) is 10.9 Å². The van der Waals surface area contributed by atoms with Gasteiger partial charge in [-0.15, -0.1) is 0 Å². The lowest BCUT2D eigenvalue weighted by Gasteiger charge is -2.31. The number of aromatic amines is 1. The number of fused-ring (bicyclic) bond motifs is 1. The van der Waals surface area contributed by atoms with Gasteiger partial charge in [0.25, 0.3) is 5.91 Å². The molecular formula is C18H23N3O3. The molecule has 1 aromatic heterocycles. The molecule has 6 heteroatoms. The second-order valence-corrected chi connectivity index (χ2v) is 6.14. The average molecular weight is 329 g/mol. The van der Waals surface area contributed by atoms with Crippen LogP contribution in [0.4, 0.5) is 0 Å². The highest BCUT2D eigenvalue weighted by Gasteiger charge is 2.29. The molecule has 1 aliphatic heterocycles. The maximum absolute atomic E-state index is 12.7. The number of nitrogens with one attached hydrogen (secondary N) is 2. The van der Waals surface area contributed by atoms with Crippen molar-refractivity contribution in [3.05, 3.63) is 36.0 Å². The fourth-order valence-electron chi connectivity index (χ4n) is 3.16. The van der Waals surface area contributed by atoms with Gasteiger partial charge < -0.3 is 19.9 Å². The van der Waals surface area contributed by atoms with Crippen LogP contribution in [-0.4, -0.2) is 55.0 Å². The topological polar surface area (TPSA) is 74.4 Å². The molecule has 6 nitrogen and oxygen atoms in total. The van der Waals surface area contributed by atoms with Crippen molar-refractivity contribution >= 4 is 22.7 Å². The molecule has 1 atom stereocenters. The summed E-state index contributed by atoms with van der Waals surface area (Å²) in [5.74, 6) is -0.189. The summed E-state index contributed by atoms with van der Waals surface area (Å²) in [5.41, 5.74) is 1.53. The summed E-state index contributed by atoms with van der Waals surface area (Å²) in [6.45, 7) is 2.15. The highest BCUT2D eigenvalue weighted by atomic mass is 16.5. The minimum atomic E-state index is -0.149. The molecule has 3 rings (SSSR count). The molecular weight excluding hydrogens is 306 g/mol. The number of aromatic nitrogens is 1. The van der Waals surface area contributed by atoms with Gasteiger partial charge in [0, 0.05) is 37.6 Å². The number of hydrogen-bond acceptors (Lipinski definition) is 3. The summed E-state index contributed by atoms with van der Waals surface area (Å²) >= 11 is 0. The Hall–Kier alpha value is -2.34. The third-order valence-corrected chi connectivity index (χ3v) is 4.45. The predicted molar refractivity (Wildman–Crippen MR) is 91.8 cm³/mol. The lowest BCUT2D eigenvalue weighted by Crippen LogP contribution is -2.46. The van der Waals surface area contributed by atoms with Crippen LogP contribution in [0.5, 0.6) is 0 Å². The van der Waals surface area contributed by atoms with Crippen LogP contribution in [0.3, 0.4) is 0 Å². The van der Waals surface area contributed by atoms with Gasteiger partial charge in [0.1, 0.15) is 5.69 Å². The second kappa shape index (κ2) is 7.49. The summed E-state index contributed by atoms with van der Waals surface area (Å²) in [6, 6.07) is 9.69. The number of H-pyrrole nitrogens is 1. The van der Waals surface area contributed by atoms with Gasteiger partial charge in [-0.1, -0.05) is 18.2 Å². The number of benzene rings is 1. The van der Waals surface area contributed by atoms with Gasteiger partial charge in [-0.25, -0.2) is 0 Å². The number of nitrogens with zero attached hydrogens (tertiary/aromatic N) is 1. The minimum absolute atomic E-state index is 0.00111. The SMILES string of the molecule is COCCNC(=O)[C@@H]1CCCN(C(=O)c2cc3ccccc3[nH]2)C1. The van der Waals surface area contributed by atoms with Crippen LogP contribution in [0, 0.1) is 5.92 Å². The van der Waals surface area contributed by atoms with E-state index in [1.807, 2.05) is 30.3 Å². The van der Waals surface area contributed by atoms with Gasteiger partial charge in [0.15, 0.2) is 0 Å². The molecule has 1 aliphatic rings. The van der Waals surface area contributed by atoms with E-state index in [1.165, 1.54) is 0 Å². The molecule has 0 radical (unpaired) electrons. The Balaban J connectivity index is 1.65. The number of hydrogen-bond donors (Lipinski definition) is 2. The van der Waals surface area contributed by atoms with E-state index in [2.05, 4.69) is 10.3 Å². The van der Waals surface area contributed by atoms with Gasteiger partial charge in [0.05, 0.1) is 12.5 Å². The quantitative estimate of drug-likeness (QED) is 0.821. The highest BCUT2D eigenvalue weighted by Crippen LogP contribution is 2.21. The lowest BCUT2D eigenvalue weighted by atomic mass is 9.97. The van der Waals surface area contributed by atoms with Gasteiger partial charge in [-0.05, 0) is 25.0 Å². The van der Waals surface area contributed by atoms with E-state index in [0.29, 0.717) is 31.9 Å². The van der Waals surface area contributed by atoms with E-state index in [0.717, 1.165) is 23.7 Å². The first-order chi connectivity index (χ1) is 11.7. The highest BCUT2D eigenvalue weighted by molar-refractivity contribution is 5.98. The zero-order valence-electron chi connectivity index (χ0n) is 13.9. The number of amides is 2. The van der Waals surface area contributed by atoms with Gasteiger partial charge in [0.2, 0.25) is 5.91 Å². The molecule has 1 saturated heterocycles. The smallest absolute Gasteiger partial charge is 0.270 e. The number of carbonyl (C=O) groups is 2. The number of methoxy groups -OCH3 is 1. The van der Waals surface area contributed by atoms with E-state index < -0.39 is 0 Å². The van der Waals surface area contributed by atoms with Crippen molar-refractivity contribution in [1.82, 2.24) is 15.2 Å². The first kappa shape index (κ1) is 16.5. The van der Waals surface area contributed by atoms with Crippen LogP contribution in [0.1, 0.15) is 23.3 Å². The van der Waals surface area contributed by atoms with Crippen molar-refractivity contribution in [2.75, 3.05) is 33.4 Å². The van der Waals surface area contributed by atoms with Crippen molar-refractivity contribution in [1.29, 1.82) is 0 Å². The number of carbonyl (C=O) groups excluding carboxylic acids is 2. The Kier molecular flexibility index (Phi) is 5.15. The van der Waals surface area contributed by atoms with Crippen molar-refractivity contribution in [3.63, 3.8) is 0 Å². The molecule has 0 spiro atoms. The van der Waals surface area contributed by atoms with Crippen LogP contribution >= 0.6 is 0 Å². The molecule has 0 unspecified atom stereocenters. The molecule has 2 heterocycles. The molecule has 0 saturated carbocycles. The largest absolute Gasteiger partial charge is 0.383 e. The van der Waals surface area contributed by atoms with E-state index in [9.17, 15) is 9.59 Å². The molecule has 128 valence electrons. The summed E-state index contributed by atoms with van der Waals surface area (Å²) < 4.78 is 4.94. The summed E-state index contributed by atoms with van der Waals surface area (Å²) in [4.78, 5) is 29.9. The Morgan fingerprint density at radius 1 is 1.38 bits per heavy atom. The predicted octanol–water partition coefficient (Wildman–Crippen LogP) is 1.78. The second-order valence-electron chi connectivity index (χ2n) is 6.14. The van der Waals surface area contributed by atoms with E-state index in [4.69, 9.17) is 4.74 Å². The maximum Gasteiger partial charge on any atom is 0.270 e. The molecule has 24 heavy (non-hydrogen) atoms. The van der Waals surface area contributed by atoms with Gasteiger partial charge in [-0.2, -0.15) is 0 Å². The van der Waals surface area contributed by atoms with Crippen LogP contribution in [0.15, 0.2) is 30.3 Å². The average Bonchev–Trinajstić information content (AvgIpc) is 3.05. The first-order valence-electron chi connectivity index (χ1n) is 8.32. The zero-order chi connectivity index (χ0) is 16.9. The normalized spacial score (nSPS) is 17.9. The Labute approximate surface area is 141 Å². The molecule has 1 aromatic carbocycles. The standard InChI is InChI=1S/C18H23N3O3/c1-24-10-8-19-17(22)14-6-4-9-21(12-14)18(23)16-11-13-5-2-3-7-15(13)20-16/h2-3,5,7,11,14,20H,4,6,8-10,12H2,1H3,(H,19,22)/t14-/m1/s1. The monoisotopic (exact) mass is 329 g/mol. The van der Waals surface area contributed by atoms with Gasteiger partial charge >= 0.3 is 0 Å². The molecule has 2 N–H and O–H groups in total. The zero-order valence-corrected chi connectivity index (χ0v) is 13.9. The Bertz CT molecular complexity index is 692. The number of rotatable bonds is 5. The van der Waals surface area contributed by atoms with Gasteiger partial charge in [-0.3, -0.25) is 9.59 Å². The van der Waals surface area contributed by atoms with E-state index in [-0.39, 0.29) is 17.7 Å². The van der Waals surface area contributed by atoms with Crippen molar-refractivity contribution in [2.24, 2.45) is 5.92 Å². The first-order valence-corrected chi connectivity index (χ1v) is 8.32. The summed E-state index contributed by atoms with van der Waals surface area (Å²) in [6.07, 6.45) is 1.66. The number of para-hydroxylation sites is 1. The van der Waals surface area contributed by atoms with Crippen molar-refractivity contribution < 1.29 is 14.3 Å². The maximum atomic E-state index is 12.7. The Morgan fingerprint density at radius 2 is 2.21 bits per heavy atom. The van der Waals surface area contributed by atoms with E-state index in [1.54, 1.807) is 12.0 Å². The number of ether oxygens (including phenoxy) is 1. The van der Waals surface area contributed by atoms with Crippen LogP contribution in [0.2, 0.25) is 0 Å². The minimum Gasteiger partial charge on any atom is -0.383 e. The Morgan fingerprint density at radius 3 is 3.00 bits per heavy atom. The van der Waals surface area contributed by atoms with Crippen LogP contribution < -0.4 is 5.32 Å². The fraction of sp³-hybridized carbons (Fsp3) is 0.444. The molecule has 2 amide bonds. The molecule has 0 aliphatic carbocycles.